The second-order valence-electron chi connectivity index (χ2n) is 3.42. The number of hydrogen-bond donors (Lipinski definition) is 1. The van der Waals surface area contributed by atoms with Gasteiger partial charge in [-0.25, -0.2) is 13.8 Å². The van der Waals surface area contributed by atoms with E-state index in [1.807, 2.05) is 0 Å². The highest BCUT2D eigenvalue weighted by atomic mass is 19.2. The van der Waals surface area contributed by atoms with E-state index in [0.717, 1.165) is 18.3 Å². The summed E-state index contributed by atoms with van der Waals surface area (Å²) in [5, 5.41) is 2.15. The Morgan fingerprint density at radius 1 is 1.17 bits per heavy atom. The molecule has 0 fully saturated rings. The fourth-order valence-corrected chi connectivity index (χ4v) is 1.34. The molecule has 0 atom stereocenters. The largest absolute Gasteiger partial charge is 0.319 e. The highest BCUT2D eigenvalue weighted by molar-refractivity contribution is 6.04. The van der Waals surface area contributed by atoms with Gasteiger partial charge in [-0.3, -0.25) is 4.79 Å². The van der Waals surface area contributed by atoms with Crippen molar-refractivity contribution in [1.82, 2.24) is 4.98 Å². The number of nitrogens with zero attached hydrogens (tertiary/aromatic N) is 1. The molecule has 2 aromatic rings. The van der Waals surface area contributed by atoms with Crippen molar-refractivity contribution in [3.63, 3.8) is 0 Å². The van der Waals surface area contributed by atoms with Gasteiger partial charge in [0.2, 0.25) is 5.95 Å². The van der Waals surface area contributed by atoms with Crippen LogP contribution in [0, 0.1) is 17.6 Å². The minimum atomic E-state index is -1.17. The first-order valence-electron chi connectivity index (χ1n) is 4.95. The third-order valence-electron chi connectivity index (χ3n) is 2.19. The molecule has 92 valence electrons. The molecular weight excluding hydrogens is 245 g/mol. The predicted molar refractivity (Wildman–Crippen MR) is 58.5 cm³/mol. The lowest BCUT2D eigenvalue weighted by atomic mass is 10.2. The minimum absolute atomic E-state index is 0.0360. The first-order chi connectivity index (χ1) is 8.58. The number of anilines is 1. The molecule has 6 heteroatoms. The maximum absolute atomic E-state index is 13.3. The van der Waals surface area contributed by atoms with Crippen LogP contribution in [0.3, 0.4) is 0 Å². The molecule has 1 amide bonds. The van der Waals surface area contributed by atoms with Crippen LogP contribution in [-0.2, 0) is 0 Å². The Hall–Kier alpha value is -2.37. The second kappa shape index (κ2) is 4.87. The Morgan fingerprint density at radius 2 is 1.94 bits per heavy atom. The molecule has 0 unspecified atom stereocenters. The van der Waals surface area contributed by atoms with Crippen LogP contribution in [0.5, 0.6) is 0 Å². The number of carbonyl (C=O) groups excluding carboxylic acids is 1. The fraction of sp³-hybridized carbons (Fsp3) is 0. The number of amides is 1. The number of hydrogen-bond acceptors (Lipinski definition) is 2. The zero-order chi connectivity index (χ0) is 13.1. The zero-order valence-corrected chi connectivity index (χ0v) is 8.95. The molecule has 0 aliphatic heterocycles. The van der Waals surface area contributed by atoms with Crippen molar-refractivity contribution >= 4 is 11.6 Å². The smallest absolute Gasteiger partial charge is 0.255 e. The standard InChI is InChI=1S/C12H7F3N2O/c13-8-2-1-3-9(11(8)15)17-12(18)7-4-5-16-10(14)6-7/h1-6H,(H,17,18). The summed E-state index contributed by atoms with van der Waals surface area (Å²) in [5.41, 5.74) is -0.344. The molecule has 0 radical (unpaired) electrons. The van der Waals surface area contributed by atoms with E-state index in [2.05, 4.69) is 10.3 Å². The molecule has 2 rings (SSSR count). The molecule has 0 saturated carbocycles. The average molecular weight is 252 g/mol. The Kier molecular flexibility index (Phi) is 3.27. The Bertz CT molecular complexity index is 602. The molecule has 1 N–H and O–H groups in total. The van der Waals surface area contributed by atoms with Crippen molar-refractivity contribution in [2.45, 2.75) is 0 Å². The van der Waals surface area contributed by atoms with Crippen LogP contribution in [0.15, 0.2) is 36.5 Å². The summed E-state index contributed by atoms with van der Waals surface area (Å²) in [4.78, 5) is 14.9. The Morgan fingerprint density at radius 3 is 2.67 bits per heavy atom. The van der Waals surface area contributed by atoms with Crippen molar-refractivity contribution in [3.05, 3.63) is 59.7 Å². The molecule has 0 saturated heterocycles. The van der Waals surface area contributed by atoms with E-state index >= 15 is 0 Å². The van der Waals surface area contributed by atoms with Crippen LogP contribution >= 0.6 is 0 Å². The summed E-state index contributed by atoms with van der Waals surface area (Å²) >= 11 is 0. The Labute approximate surface area is 100 Å². The predicted octanol–water partition coefficient (Wildman–Crippen LogP) is 2.75. The zero-order valence-electron chi connectivity index (χ0n) is 8.95. The highest BCUT2D eigenvalue weighted by Crippen LogP contribution is 2.17. The first-order valence-corrected chi connectivity index (χ1v) is 4.95. The van der Waals surface area contributed by atoms with E-state index in [4.69, 9.17) is 0 Å². The third-order valence-corrected chi connectivity index (χ3v) is 2.19. The van der Waals surface area contributed by atoms with Gasteiger partial charge in [-0.2, -0.15) is 4.39 Å². The lowest BCUT2D eigenvalue weighted by Crippen LogP contribution is -2.13. The molecule has 1 aromatic heterocycles. The van der Waals surface area contributed by atoms with Crippen molar-refractivity contribution in [1.29, 1.82) is 0 Å². The quantitative estimate of drug-likeness (QED) is 0.835. The maximum atomic E-state index is 13.3. The number of rotatable bonds is 2. The minimum Gasteiger partial charge on any atom is -0.319 e. The van der Waals surface area contributed by atoms with Crippen LogP contribution in [0.25, 0.3) is 0 Å². The van der Waals surface area contributed by atoms with Crippen LogP contribution < -0.4 is 5.32 Å². The number of pyridine rings is 1. The number of halogens is 3. The molecule has 18 heavy (non-hydrogen) atoms. The van der Waals surface area contributed by atoms with Gasteiger partial charge < -0.3 is 5.32 Å². The molecular formula is C12H7F3N2O. The van der Waals surface area contributed by atoms with Gasteiger partial charge in [0.15, 0.2) is 11.6 Å². The number of carbonyl (C=O) groups is 1. The lowest BCUT2D eigenvalue weighted by Gasteiger charge is -2.06. The average Bonchev–Trinajstić information content (AvgIpc) is 2.35. The van der Waals surface area contributed by atoms with Crippen molar-refractivity contribution in [2.75, 3.05) is 5.32 Å². The summed E-state index contributed by atoms with van der Waals surface area (Å²) in [5.74, 6) is -3.82. The number of benzene rings is 1. The summed E-state index contributed by atoms with van der Waals surface area (Å²) in [6.07, 6.45) is 1.10. The van der Waals surface area contributed by atoms with E-state index in [-0.39, 0.29) is 11.3 Å². The van der Waals surface area contributed by atoms with Gasteiger partial charge in [0.05, 0.1) is 5.69 Å². The SMILES string of the molecule is O=C(Nc1cccc(F)c1F)c1ccnc(F)c1. The third kappa shape index (κ3) is 2.48. The first kappa shape index (κ1) is 12.1. The summed E-state index contributed by atoms with van der Waals surface area (Å²) in [6.45, 7) is 0. The molecule has 1 aromatic carbocycles. The molecule has 0 spiro atoms. The summed E-state index contributed by atoms with van der Waals surface area (Å²) in [6, 6.07) is 5.54. The van der Waals surface area contributed by atoms with Crippen molar-refractivity contribution in [3.8, 4) is 0 Å². The van der Waals surface area contributed by atoms with Crippen LogP contribution in [0.2, 0.25) is 0 Å². The van der Waals surface area contributed by atoms with Gasteiger partial charge in [0.25, 0.3) is 5.91 Å². The molecule has 0 aliphatic carbocycles. The maximum Gasteiger partial charge on any atom is 0.255 e. The van der Waals surface area contributed by atoms with Gasteiger partial charge in [0, 0.05) is 17.8 Å². The van der Waals surface area contributed by atoms with Crippen LogP contribution in [-0.4, -0.2) is 10.9 Å². The van der Waals surface area contributed by atoms with E-state index in [1.165, 1.54) is 18.2 Å². The normalized spacial score (nSPS) is 10.2. The van der Waals surface area contributed by atoms with Gasteiger partial charge in [-0.1, -0.05) is 6.07 Å². The van der Waals surface area contributed by atoms with Crippen LogP contribution in [0.1, 0.15) is 10.4 Å². The highest BCUT2D eigenvalue weighted by Gasteiger charge is 2.12. The van der Waals surface area contributed by atoms with Crippen molar-refractivity contribution in [2.24, 2.45) is 0 Å². The van der Waals surface area contributed by atoms with E-state index < -0.39 is 23.5 Å². The van der Waals surface area contributed by atoms with E-state index in [9.17, 15) is 18.0 Å². The molecule has 0 bridgehead atoms. The molecule has 0 aliphatic rings. The summed E-state index contributed by atoms with van der Waals surface area (Å²) in [7, 11) is 0. The second-order valence-corrected chi connectivity index (χ2v) is 3.42. The number of aromatic nitrogens is 1. The molecule has 3 nitrogen and oxygen atoms in total. The van der Waals surface area contributed by atoms with E-state index in [1.54, 1.807) is 0 Å². The fourth-order valence-electron chi connectivity index (χ4n) is 1.34. The monoisotopic (exact) mass is 252 g/mol. The van der Waals surface area contributed by atoms with Gasteiger partial charge in [-0.05, 0) is 18.2 Å². The summed E-state index contributed by atoms with van der Waals surface area (Å²) < 4.78 is 39.0. The lowest BCUT2D eigenvalue weighted by molar-refractivity contribution is 0.102. The topological polar surface area (TPSA) is 42.0 Å². The Balaban J connectivity index is 2.24. The molecule has 1 heterocycles. The van der Waals surface area contributed by atoms with Gasteiger partial charge in [-0.15, -0.1) is 0 Å². The van der Waals surface area contributed by atoms with Crippen molar-refractivity contribution < 1.29 is 18.0 Å². The van der Waals surface area contributed by atoms with Gasteiger partial charge >= 0.3 is 0 Å². The number of nitrogens with one attached hydrogen (secondary N) is 1. The van der Waals surface area contributed by atoms with Gasteiger partial charge in [0.1, 0.15) is 0 Å². The van der Waals surface area contributed by atoms with E-state index in [0.29, 0.717) is 0 Å². The van der Waals surface area contributed by atoms with Crippen LogP contribution in [0.4, 0.5) is 18.9 Å².